The second kappa shape index (κ2) is 10.9. The maximum atomic E-state index is 13.1. The first-order valence-corrected chi connectivity index (χ1v) is 10.7. The molecule has 0 unspecified atom stereocenters. The second-order valence-electron chi connectivity index (χ2n) is 7.88. The number of hydrogen-bond acceptors (Lipinski definition) is 4. The summed E-state index contributed by atoms with van der Waals surface area (Å²) in [6, 6.07) is 17.0. The first-order chi connectivity index (χ1) is 14.6. The lowest BCUT2D eigenvalue weighted by molar-refractivity contribution is -0.135. The lowest BCUT2D eigenvalue weighted by atomic mass is 10.0. The Hall–Kier alpha value is -2.70. The molecule has 0 spiro atoms. The highest BCUT2D eigenvalue weighted by molar-refractivity contribution is 5.98. The van der Waals surface area contributed by atoms with Crippen LogP contribution in [0.15, 0.2) is 54.6 Å². The minimum atomic E-state index is -0.513. The predicted molar refractivity (Wildman–Crippen MR) is 120 cm³/mol. The molecule has 1 heterocycles. The van der Waals surface area contributed by atoms with E-state index in [1.54, 1.807) is 0 Å². The molecule has 2 aromatic carbocycles. The highest BCUT2D eigenvalue weighted by atomic mass is 16.2. The summed E-state index contributed by atoms with van der Waals surface area (Å²) in [4.78, 5) is 30.0. The van der Waals surface area contributed by atoms with E-state index < -0.39 is 6.04 Å². The number of unbranched alkanes of at least 4 members (excludes halogenated alkanes) is 1. The van der Waals surface area contributed by atoms with Crippen molar-refractivity contribution in [3.8, 4) is 11.1 Å². The van der Waals surface area contributed by atoms with Gasteiger partial charge in [-0.3, -0.25) is 9.59 Å². The minimum Gasteiger partial charge on any atom is -0.340 e. The maximum Gasteiger partial charge on any atom is 0.251 e. The van der Waals surface area contributed by atoms with E-state index in [0.29, 0.717) is 31.6 Å². The Balaban J connectivity index is 1.66. The van der Waals surface area contributed by atoms with Crippen LogP contribution in [-0.2, 0) is 4.79 Å². The highest BCUT2D eigenvalue weighted by Crippen LogP contribution is 2.19. The Kier molecular flexibility index (Phi) is 7.99. The molecule has 1 atom stereocenters. The summed E-state index contributed by atoms with van der Waals surface area (Å²) < 4.78 is 0. The number of carbonyl (C=O) groups excluding carboxylic acids is 2. The molecule has 0 saturated carbocycles. The van der Waals surface area contributed by atoms with Gasteiger partial charge in [-0.15, -0.1) is 0 Å². The van der Waals surface area contributed by atoms with Gasteiger partial charge in [0.15, 0.2) is 0 Å². The van der Waals surface area contributed by atoms with E-state index in [1.807, 2.05) is 59.5 Å². The molecule has 1 saturated heterocycles. The molecular formula is C24H32N4O2. The van der Waals surface area contributed by atoms with Crippen LogP contribution in [-0.4, -0.2) is 67.4 Å². The van der Waals surface area contributed by atoms with Gasteiger partial charge >= 0.3 is 0 Å². The van der Waals surface area contributed by atoms with Gasteiger partial charge in [-0.25, -0.2) is 0 Å². The van der Waals surface area contributed by atoms with Crippen LogP contribution in [0.3, 0.4) is 0 Å². The molecule has 1 fully saturated rings. The smallest absolute Gasteiger partial charge is 0.251 e. The predicted octanol–water partition coefficient (Wildman–Crippen LogP) is 2.36. The summed E-state index contributed by atoms with van der Waals surface area (Å²) in [7, 11) is 2.06. The summed E-state index contributed by atoms with van der Waals surface area (Å²) in [5, 5.41) is 2.98. The van der Waals surface area contributed by atoms with Crippen LogP contribution >= 0.6 is 0 Å². The van der Waals surface area contributed by atoms with Gasteiger partial charge in [0.1, 0.15) is 6.04 Å². The summed E-state index contributed by atoms with van der Waals surface area (Å²) >= 11 is 0. The topological polar surface area (TPSA) is 78.7 Å². The van der Waals surface area contributed by atoms with E-state index in [9.17, 15) is 9.59 Å². The second-order valence-corrected chi connectivity index (χ2v) is 7.88. The monoisotopic (exact) mass is 408 g/mol. The summed E-state index contributed by atoms with van der Waals surface area (Å²) in [6.07, 6.45) is 2.26. The fourth-order valence-corrected chi connectivity index (χ4v) is 3.68. The van der Waals surface area contributed by atoms with Crippen LogP contribution in [0.1, 0.15) is 29.6 Å². The largest absolute Gasteiger partial charge is 0.340 e. The lowest BCUT2D eigenvalue weighted by Crippen LogP contribution is -2.54. The highest BCUT2D eigenvalue weighted by Gasteiger charge is 2.27. The van der Waals surface area contributed by atoms with Gasteiger partial charge in [0.2, 0.25) is 5.91 Å². The van der Waals surface area contributed by atoms with Crippen molar-refractivity contribution < 1.29 is 9.59 Å². The zero-order valence-electron chi connectivity index (χ0n) is 17.7. The number of hydrogen-bond donors (Lipinski definition) is 2. The van der Waals surface area contributed by atoms with Crippen molar-refractivity contribution in [2.75, 3.05) is 39.8 Å². The fourth-order valence-electron chi connectivity index (χ4n) is 3.68. The SMILES string of the molecule is CN1CCN(C(=O)[C@H](CCCCN)NC(=O)c2ccc(-c3ccccc3)cc2)CC1. The number of nitrogens with zero attached hydrogens (tertiary/aromatic N) is 2. The average Bonchev–Trinajstić information content (AvgIpc) is 2.79. The summed E-state index contributed by atoms with van der Waals surface area (Å²) in [5.41, 5.74) is 8.34. The molecule has 0 bridgehead atoms. The van der Waals surface area contributed by atoms with Crippen LogP contribution in [0.4, 0.5) is 0 Å². The molecule has 30 heavy (non-hydrogen) atoms. The van der Waals surface area contributed by atoms with Crippen molar-refractivity contribution in [3.05, 3.63) is 60.2 Å². The molecular weight excluding hydrogens is 376 g/mol. The van der Waals surface area contributed by atoms with Gasteiger partial charge in [-0.1, -0.05) is 42.5 Å². The number of amides is 2. The van der Waals surface area contributed by atoms with Gasteiger partial charge < -0.3 is 20.9 Å². The average molecular weight is 409 g/mol. The van der Waals surface area contributed by atoms with E-state index in [1.165, 1.54) is 0 Å². The number of benzene rings is 2. The van der Waals surface area contributed by atoms with Crippen LogP contribution < -0.4 is 11.1 Å². The maximum absolute atomic E-state index is 13.1. The number of carbonyl (C=O) groups is 2. The number of nitrogens with two attached hydrogens (primary N) is 1. The Labute approximate surface area is 179 Å². The zero-order valence-corrected chi connectivity index (χ0v) is 17.7. The Morgan fingerprint density at radius 1 is 0.933 bits per heavy atom. The molecule has 2 amide bonds. The van der Waals surface area contributed by atoms with E-state index in [4.69, 9.17) is 5.73 Å². The summed E-state index contributed by atoms with van der Waals surface area (Å²) in [5.74, 6) is -0.204. The molecule has 0 aliphatic carbocycles. The van der Waals surface area contributed by atoms with Crippen molar-refractivity contribution in [1.29, 1.82) is 0 Å². The molecule has 1 aliphatic rings. The van der Waals surface area contributed by atoms with Crippen molar-refractivity contribution in [2.45, 2.75) is 25.3 Å². The van der Waals surface area contributed by atoms with Crippen LogP contribution in [0.5, 0.6) is 0 Å². The van der Waals surface area contributed by atoms with Gasteiger partial charge in [-0.2, -0.15) is 0 Å². The van der Waals surface area contributed by atoms with Gasteiger partial charge in [-0.05, 0) is 56.1 Å². The first-order valence-electron chi connectivity index (χ1n) is 10.7. The quantitative estimate of drug-likeness (QED) is 0.658. The summed E-state index contributed by atoms with van der Waals surface area (Å²) in [6.45, 7) is 3.70. The number of piperazine rings is 1. The molecule has 0 aromatic heterocycles. The Morgan fingerprint density at radius 3 is 2.20 bits per heavy atom. The number of rotatable bonds is 8. The third kappa shape index (κ3) is 5.90. The van der Waals surface area contributed by atoms with E-state index in [-0.39, 0.29) is 11.8 Å². The minimum absolute atomic E-state index is 0.00868. The molecule has 2 aromatic rings. The Morgan fingerprint density at radius 2 is 1.57 bits per heavy atom. The standard InChI is InChI=1S/C24H32N4O2/c1-27-15-17-28(18-16-27)24(30)22(9-5-6-14-25)26-23(29)21-12-10-20(11-13-21)19-7-3-2-4-8-19/h2-4,7-8,10-13,22H,5-6,9,14-18,25H2,1H3,(H,26,29)/t22-/m0/s1. The van der Waals surface area contributed by atoms with Crippen LogP contribution in [0.25, 0.3) is 11.1 Å². The van der Waals surface area contributed by atoms with E-state index in [2.05, 4.69) is 17.3 Å². The zero-order chi connectivity index (χ0) is 21.3. The lowest BCUT2D eigenvalue weighted by Gasteiger charge is -2.34. The van der Waals surface area contributed by atoms with Gasteiger partial charge in [0.25, 0.3) is 5.91 Å². The Bertz CT molecular complexity index is 815. The third-order valence-electron chi connectivity index (χ3n) is 5.62. The van der Waals surface area contributed by atoms with Crippen LogP contribution in [0.2, 0.25) is 0 Å². The van der Waals surface area contributed by atoms with E-state index in [0.717, 1.165) is 37.1 Å². The van der Waals surface area contributed by atoms with Crippen molar-refractivity contribution in [2.24, 2.45) is 5.73 Å². The molecule has 3 N–H and O–H groups in total. The number of nitrogens with one attached hydrogen (secondary N) is 1. The van der Waals surface area contributed by atoms with Crippen molar-refractivity contribution >= 4 is 11.8 Å². The van der Waals surface area contributed by atoms with Gasteiger partial charge in [0.05, 0.1) is 0 Å². The molecule has 3 rings (SSSR count). The normalized spacial score (nSPS) is 15.6. The molecule has 0 radical (unpaired) electrons. The molecule has 6 nitrogen and oxygen atoms in total. The molecule has 160 valence electrons. The van der Waals surface area contributed by atoms with E-state index >= 15 is 0 Å². The van der Waals surface area contributed by atoms with Gasteiger partial charge in [0, 0.05) is 31.7 Å². The van der Waals surface area contributed by atoms with Crippen molar-refractivity contribution in [1.82, 2.24) is 15.1 Å². The number of likely N-dealkylation sites (N-methyl/N-ethyl adjacent to an activating group) is 1. The molecule has 6 heteroatoms. The molecule has 1 aliphatic heterocycles. The first kappa shape index (κ1) is 22.0. The third-order valence-corrected chi connectivity index (χ3v) is 5.62. The van der Waals surface area contributed by atoms with Crippen LogP contribution in [0, 0.1) is 0 Å². The fraction of sp³-hybridized carbons (Fsp3) is 0.417. The van der Waals surface area contributed by atoms with Crippen molar-refractivity contribution in [3.63, 3.8) is 0 Å².